The van der Waals surface area contributed by atoms with Crippen molar-refractivity contribution in [3.8, 4) is 0 Å². The highest BCUT2D eigenvalue weighted by Crippen LogP contribution is 2.46. The van der Waals surface area contributed by atoms with E-state index in [2.05, 4.69) is 88.7 Å². The van der Waals surface area contributed by atoms with Gasteiger partial charge < -0.3 is 34.6 Å². The van der Waals surface area contributed by atoms with E-state index in [0.717, 1.165) is 66.8 Å². The molecule has 1 aliphatic heterocycles. The summed E-state index contributed by atoms with van der Waals surface area (Å²) >= 11 is 0. The fourth-order valence-electron chi connectivity index (χ4n) is 15.4. The van der Waals surface area contributed by atoms with Crippen LogP contribution in [-0.2, 0) is 36.4 Å². The Kier molecular flexibility index (Phi) is 19.7. The molecule has 10 atom stereocenters. The first-order valence-corrected chi connectivity index (χ1v) is 33.9. The maximum atomic E-state index is 13.9. The molecular weight excluding hydrogens is 1210 g/mol. The molecule has 490 valence electrons. The van der Waals surface area contributed by atoms with Crippen LogP contribution in [0.4, 0.5) is 0 Å². The molecule has 98 heavy (non-hydrogen) atoms. The Morgan fingerprint density at radius 3 is 0.806 bits per heavy atom. The summed E-state index contributed by atoms with van der Waals surface area (Å²) < 4.78 is 22.8. The van der Waals surface area contributed by atoms with Crippen LogP contribution in [0.15, 0.2) is 364 Å². The molecule has 2 aliphatic rings. The van der Waals surface area contributed by atoms with E-state index in [1.165, 1.54) is 0 Å². The Morgan fingerprint density at radius 1 is 0.286 bits per heavy atom. The van der Waals surface area contributed by atoms with Gasteiger partial charge in [-0.15, -0.1) is 0 Å². The Labute approximate surface area is 574 Å². The molecule has 10 nitrogen and oxygen atoms in total. The number of aliphatic hydroxyl groups is 4. The predicted molar refractivity (Wildman–Crippen MR) is 386 cm³/mol. The number of ether oxygens (including phenoxy) is 3. The van der Waals surface area contributed by atoms with Crippen LogP contribution in [0.25, 0.3) is 0 Å². The van der Waals surface area contributed by atoms with Crippen molar-refractivity contribution in [3.63, 3.8) is 0 Å². The lowest BCUT2D eigenvalue weighted by molar-refractivity contribution is -0.305. The third-order valence-electron chi connectivity index (χ3n) is 20.0. The van der Waals surface area contributed by atoms with E-state index < -0.39 is 83.3 Å². The molecule has 0 radical (unpaired) electrons. The zero-order valence-electron chi connectivity index (χ0n) is 54.3. The van der Waals surface area contributed by atoms with Crippen LogP contribution in [-0.4, -0.2) is 88.1 Å². The Bertz CT molecular complexity index is 4000. The zero-order chi connectivity index (χ0) is 66.8. The fourth-order valence-corrected chi connectivity index (χ4v) is 15.4. The highest BCUT2D eigenvalue weighted by molar-refractivity contribution is 5.54. The largest absolute Gasteiger partial charge is 0.389 e. The van der Waals surface area contributed by atoms with Gasteiger partial charge in [-0.2, -0.15) is 0 Å². The highest BCUT2D eigenvalue weighted by atomic mass is 16.7. The van der Waals surface area contributed by atoms with Crippen LogP contribution in [0.2, 0.25) is 0 Å². The van der Waals surface area contributed by atoms with E-state index in [1.54, 1.807) is 0 Å². The fraction of sp³-hybridized carbons (Fsp3) is 0.182. The van der Waals surface area contributed by atoms with Crippen LogP contribution in [0.1, 0.15) is 73.2 Å². The van der Waals surface area contributed by atoms with Gasteiger partial charge in [0.15, 0.2) is 6.29 Å². The van der Waals surface area contributed by atoms with Crippen molar-refractivity contribution in [2.24, 2.45) is 0 Å². The Morgan fingerprint density at radius 2 is 0.531 bits per heavy atom. The predicted octanol–water partition coefficient (Wildman–Crippen LogP) is 13.8. The summed E-state index contributed by atoms with van der Waals surface area (Å²) in [4.78, 5) is 0. The third-order valence-corrected chi connectivity index (χ3v) is 20.0. The van der Waals surface area contributed by atoms with Crippen LogP contribution in [0.3, 0.4) is 0 Å². The van der Waals surface area contributed by atoms with Gasteiger partial charge >= 0.3 is 0 Å². The smallest absolute Gasteiger partial charge is 0.176 e. The number of aliphatic hydroxyl groups excluding tert-OH is 4. The topological polar surface area (TPSA) is 145 Å². The number of hydrogen-bond donors (Lipinski definition) is 7. The first-order valence-electron chi connectivity index (χ1n) is 33.9. The van der Waals surface area contributed by atoms with Crippen molar-refractivity contribution in [2.75, 3.05) is 6.61 Å². The Hall–Kier alpha value is -9.76. The van der Waals surface area contributed by atoms with E-state index in [9.17, 15) is 20.4 Å². The maximum Gasteiger partial charge on any atom is 0.176 e. The van der Waals surface area contributed by atoms with Crippen molar-refractivity contribution in [3.05, 3.63) is 431 Å². The minimum atomic E-state index is -1.66. The summed E-state index contributed by atoms with van der Waals surface area (Å²) in [6, 6.07) is 119. The molecule has 10 unspecified atom stereocenters. The van der Waals surface area contributed by atoms with Gasteiger partial charge in [-0.25, -0.2) is 0 Å². The van der Waals surface area contributed by atoms with Crippen molar-refractivity contribution in [1.29, 1.82) is 0 Å². The number of benzene rings is 12. The molecule has 12 aromatic carbocycles. The SMILES string of the molecule is OC1C(NC(c2ccccc2)(c2ccccc2)c2ccccc2)CC(NC(c2ccccc2)(c2ccccc2)c2ccccc2)C(OC2OC(COC(c3ccccc3)(c3ccccc3)c3ccccc3)C(O)C(O)C2NC(c2ccccc2)(c2ccccc2)c2ccccc2)C1O. The van der Waals surface area contributed by atoms with Gasteiger partial charge in [0.05, 0.1) is 35.4 Å². The van der Waals surface area contributed by atoms with Gasteiger partial charge in [-0.1, -0.05) is 364 Å². The minimum absolute atomic E-state index is 0.156. The summed E-state index contributed by atoms with van der Waals surface area (Å²) in [6.45, 7) is -0.256. The molecule has 0 spiro atoms. The summed E-state index contributed by atoms with van der Waals surface area (Å²) in [6.07, 6.45) is -10.3. The summed E-state index contributed by atoms with van der Waals surface area (Å²) in [5, 5.41) is 66.6. The zero-order valence-corrected chi connectivity index (χ0v) is 54.3. The highest BCUT2D eigenvalue weighted by Gasteiger charge is 2.56. The van der Waals surface area contributed by atoms with Crippen molar-refractivity contribution in [2.45, 2.75) is 89.7 Å². The molecule has 0 aromatic heterocycles. The van der Waals surface area contributed by atoms with Gasteiger partial charge in [0.2, 0.25) is 0 Å². The standard InChI is InChI=1S/C88H81N3O7/c92-79-75(89-85(63-37-13-1-14-38-63,64-39-15-2-16-40-64)65-41-17-3-18-42-65)61-76(90-86(66-43-19-4-20-44-66,67-45-21-5-22-46-67)68-47-23-6-24-48-68)83(82(79)95)98-84-78(91-87(69-49-25-7-26-50-69,70-51-27-8-28-52-70)71-53-29-9-30-54-71)81(94)80(93)77(97-84)62-96-88(72-55-31-10-32-56-72,73-57-33-11-34-58-73)74-59-35-12-36-60-74/h1-60,75-84,89-95H,61-62H2. The summed E-state index contributed by atoms with van der Waals surface area (Å²) in [7, 11) is 0. The van der Waals surface area contributed by atoms with E-state index >= 15 is 0 Å². The second-order valence-electron chi connectivity index (χ2n) is 25.6. The maximum absolute atomic E-state index is 13.9. The molecule has 1 heterocycles. The lowest BCUT2D eigenvalue weighted by atomic mass is 9.72. The minimum Gasteiger partial charge on any atom is -0.389 e. The van der Waals surface area contributed by atoms with Crippen molar-refractivity contribution in [1.82, 2.24) is 16.0 Å². The van der Waals surface area contributed by atoms with Gasteiger partial charge in [-0.3, -0.25) is 16.0 Å². The average molecular weight is 1290 g/mol. The second kappa shape index (κ2) is 29.5. The number of rotatable bonds is 23. The quantitative estimate of drug-likeness (QED) is 0.0309. The van der Waals surface area contributed by atoms with Gasteiger partial charge in [-0.05, 0) is 73.2 Å². The monoisotopic (exact) mass is 1290 g/mol. The van der Waals surface area contributed by atoms with E-state index in [1.807, 2.05) is 291 Å². The van der Waals surface area contributed by atoms with Crippen LogP contribution >= 0.6 is 0 Å². The lowest BCUT2D eigenvalue weighted by Crippen LogP contribution is -2.72. The van der Waals surface area contributed by atoms with E-state index in [-0.39, 0.29) is 13.0 Å². The first-order chi connectivity index (χ1) is 48.2. The first kappa shape index (κ1) is 65.5. The normalized spacial score (nSPS) is 21.4. The molecule has 14 rings (SSSR count). The molecule has 10 heteroatoms. The summed E-state index contributed by atoms with van der Waals surface area (Å²) in [5.41, 5.74) is 5.78. The number of hydrogen-bond acceptors (Lipinski definition) is 10. The van der Waals surface area contributed by atoms with E-state index in [0.29, 0.717) is 0 Å². The lowest BCUT2D eigenvalue weighted by Gasteiger charge is -2.53. The van der Waals surface area contributed by atoms with Gasteiger partial charge in [0.1, 0.15) is 36.1 Å². The molecule has 0 bridgehead atoms. The van der Waals surface area contributed by atoms with Crippen LogP contribution in [0.5, 0.6) is 0 Å². The van der Waals surface area contributed by atoms with Crippen LogP contribution in [0, 0.1) is 0 Å². The molecule has 12 aromatic rings. The van der Waals surface area contributed by atoms with Crippen molar-refractivity contribution < 1.29 is 34.6 Å². The molecular formula is C88H81N3O7. The van der Waals surface area contributed by atoms with Gasteiger partial charge in [0, 0.05) is 12.1 Å². The van der Waals surface area contributed by atoms with Crippen LogP contribution < -0.4 is 16.0 Å². The molecule has 1 saturated heterocycles. The average Bonchev–Trinajstić information content (AvgIpc) is 0.741. The number of nitrogens with one attached hydrogen (secondary N) is 3. The third kappa shape index (κ3) is 12.6. The molecule has 1 saturated carbocycles. The molecule has 2 fully saturated rings. The molecule has 1 aliphatic carbocycles. The Balaban J connectivity index is 0.956. The summed E-state index contributed by atoms with van der Waals surface area (Å²) in [5.74, 6) is 0. The second-order valence-corrected chi connectivity index (χ2v) is 25.6. The van der Waals surface area contributed by atoms with Gasteiger partial charge in [0.25, 0.3) is 0 Å². The molecule has 7 N–H and O–H groups in total. The van der Waals surface area contributed by atoms with E-state index in [4.69, 9.17) is 14.2 Å². The van der Waals surface area contributed by atoms with Crippen molar-refractivity contribution >= 4 is 0 Å². The molecule has 0 amide bonds.